The molecule has 0 aromatic heterocycles. The number of anilines is 1. The van der Waals surface area contributed by atoms with Crippen molar-refractivity contribution in [2.45, 2.75) is 83.6 Å². The van der Waals surface area contributed by atoms with Gasteiger partial charge in [-0.05, 0) is 92.5 Å². The lowest BCUT2D eigenvalue weighted by Gasteiger charge is -2.28. The van der Waals surface area contributed by atoms with Crippen molar-refractivity contribution in [3.05, 3.63) is 173 Å². The number of hydrogen-bond acceptors (Lipinski definition) is 7. The molecular weight excluding hydrogens is 847 g/mol. The second-order valence-electron chi connectivity index (χ2n) is 17.7. The fourth-order valence-electron chi connectivity index (χ4n) is 9.26. The lowest BCUT2D eigenvalue weighted by Crippen LogP contribution is -2.33. The van der Waals surface area contributed by atoms with Crippen molar-refractivity contribution in [2.75, 3.05) is 29.5 Å². The number of rotatable bonds is 17. The molecule has 7 rings (SSSR count). The Balaban J connectivity index is 1.35. The number of fused-ring (bicyclic) bond motifs is 2. The van der Waals surface area contributed by atoms with E-state index >= 15 is 0 Å². The van der Waals surface area contributed by atoms with Crippen molar-refractivity contribution in [1.29, 1.82) is 0 Å². The van der Waals surface area contributed by atoms with E-state index in [1.807, 2.05) is 72.8 Å². The zero-order valence-corrected chi connectivity index (χ0v) is 38.6. The van der Waals surface area contributed by atoms with E-state index in [2.05, 4.69) is 85.7 Å². The summed E-state index contributed by atoms with van der Waals surface area (Å²) in [6.45, 7) is 10.1. The van der Waals surface area contributed by atoms with Gasteiger partial charge in [-0.2, -0.15) is 21.4 Å². The Hall–Kier alpha value is -5.60. The summed E-state index contributed by atoms with van der Waals surface area (Å²) < 4.78 is 73.5. The average molecular weight is 905 g/mol. The first-order chi connectivity index (χ1) is 30.4. The van der Waals surface area contributed by atoms with Crippen molar-refractivity contribution in [3.8, 4) is 5.75 Å². The van der Waals surface area contributed by atoms with E-state index in [1.54, 1.807) is 17.0 Å². The SMILES string of the molecule is CC1(C)C(/C=C/C2=C(N(Cc3ccccc3)C(=O)Oc3ccccc3)C(=C/C=C3/N(CCCCS(=O)(=O)O)c4ccccc4C3(C)C)/CC2)=[N+](CCCCS(=O)(=O)O)c2ccccc21. The molecule has 0 fully saturated rings. The van der Waals surface area contributed by atoms with Crippen molar-refractivity contribution in [1.82, 2.24) is 4.90 Å². The van der Waals surface area contributed by atoms with Gasteiger partial charge in [0.2, 0.25) is 5.69 Å². The molecule has 0 spiro atoms. The molecule has 4 aromatic carbocycles. The van der Waals surface area contributed by atoms with Gasteiger partial charge in [0.1, 0.15) is 12.3 Å². The maximum Gasteiger partial charge on any atom is 0.420 e. The maximum atomic E-state index is 14.6. The number of benzene rings is 4. The molecule has 11 nitrogen and oxygen atoms in total. The summed E-state index contributed by atoms with van der Waals surface area (Å²) >= 11 is 0. The average Bonchev–Trinajstić information content (AvgIpc) is 3.82. The number of allylic oxidation sites excluding steroid dienone is 7. The first kappa shape index (κ1) is 46.4. The molecule has 336 valence electrons. The molecule has 2 heterocycles. The van der Waals surface area contributed by atoms with Crippen molar-refractivity contribution in [3.63, 3.8) is 0 Å². The topological polar surface area (TPSA) is 145 Å². The molecule has 64 heavy (non-hydrogen) atoms. The van der Waals surface area contributed by atoms with Crippen LogP contribution in [0, 0.1) is 0 Å². The molecule has 3 aliphatic rings. The minimum absolute atomic E-state index is 0.247. The van der Waals surface area contributed by atoms with Crippen LogP contribution in [0.5, 0.6) is 5.75 Å². The van der Waals surface area contributed by atoms with E-state index in [1.165, 1.54) is 0 Å². The predicted octanol–water partition coefficient (Wildman–Crippen LogP) is 10.3. The van der Waals surface area contributed by atoms with Crippen LogP contribution in [0.3, 0.4) is 0 Å². The number of unbranched alkanes of at least 4 members (excludes halogenated alkanes) is 2. The summed E-state index contributed by atoms with van der Waals surface area (Å²) in [5.41, 5.74) is 9.23. The minimum atomic E-state index is -4.08. The van der Waals surface area contributed by atoms with Gasteiger partial charge in [-0.15, -0.1) is 0 Å². The van der Waals surface area contributed by atoms with Crippen LogP contribution in [0.4, 0.5) is 16.2 Å². The van der Waals surface area contributed by atoms with Crippen LogP contribution in [0.15, 0.2) is 156 Å². The lowest BCUT2D eigenvalue weighted by molar-refractivity contribution is -0.438. The molecular formula is C51H58N3O8S2+. The van der Waals surface area contributed by atoms with Gasteiger partial charge in [-0.1, -0.05) is 111 Å². The number of nitrogens with zero attached hydrogens (tertiary/aromatic N) is 3. The zero-order chi connectivity index (χ0) is 45.7. The maximum absolute atomic E-state index is 14.6. The first-order valence-corrected chi connectivity index (χ1v) is 25.1. The number of carbonyl (C=O) groups excluding carboxylic acids is 1. The predicted molar refractivity (Wildman–Crippen MR) is 253 cm³/mol. The van der Waals surface area contributed by atoms with Gasteiger partial charge in [0.15, 0.2) is 5.71 Å². The minimum Gasteiger partial charge on any atom is -0.410 e. The smallest absolute Gasteiger partial charge is 0.410 e. The third-order valence-electron chi connectivity index (χ3n) is 12.4. The van der Waals surface area contributed by atoms with Gasteiger partial charge >= 0.3 is 6.09 Å². The van der Waals surface area contributed by atoms with Crippen LogP contribution in [0.25, 0.3) is 0 Å². The Morgan fingerprint density at radius 2 is 1.33 bits per heavy atom. The highest BCUT2D eigenvalue weighted by molar-refractivity contribution is 7.86. The molecule has 0 radical (unpaired) electrons. The molecule has 4 aromatic rings. The van der Waals surface area contributed by atoms with Crippen molar-refractivity contribution >= 4 is 43.4 Å². The van der Waals surface area contributed by atoms with Gasteiger partial charge in [0.05, 0.1) is 29.2 Å². The van der Waals surface area contributed by atoms with Crippen LogP contribution < -0.4 is 9.64 Å². The second kappa shape index (κ2) is 19.2. The van der Waals surface area contributed by atoms with Gasteiger partial charge in [-0.25, -0.2) is 4.79 Å². The number of para-hydroxylation sites is 3. The Morgan fingerprint density at radius 3 is 2.02 bits per heavy atom. The van der Waals surface area contributed by atoms with Gasteiger partial charge in [-0.3, -0.25) is 14.0 Å². The monoisotopic (exact) mass is 904 g/mol. The molecule has 0 saturated heterocycles. The van der Waals surface area contributed by atoms with E-state index in [0.29, 0.717) is 57.4 Å². The third-order valence-corrected chi connectivity index (χ3v) is 14.1. The van der Waals surface area contributed by atoms with E-state index in [-0.39, 0.29) is 18.1 Å². The Morgan fingerprint density at radius 1 is 0.719 bits per heavy atom. The third kappa shape index (κ3) is 10.7. The summed E-state index contributed by atoms with van der Waals surface area (Å²) in [6.07, 6.45) is 11.0. The zero-order valence-electron chi connectivity index (χ0n) is 37.0. The number of hydrogen-bond donors (Lipinski definition) is 2. The summed E-state index contributed by atoms with van der Waals surface area (Å²) in [5.74, 6) is -0.178. The van der Waals surface area contributed by atoms with E-state index < -0.39 is 37.2 Å². The highest BCUT2D eigenvalue weighted by Crippen LogP contribution is 2.48. The molecule has 0 saturated carbocycles. The molecule has 0 bridgehead atoms. The van der Waals surface area contributed by atoms with Gasteiger partial charge < -0.3 is 9.64 Å². The standard InChI is InChI=1S/C51H57N3O8S2/c1-50(2)42-23-11-13-25-44(42)52(33-15-17-35-63(56,57)58)46(50)31-29-39-27-28-40(48(39)54(37-38-19-7-5-8-20-38)49(55)62-41-21-9-6-10-22-41)30-32-47-51(3,4)43-24-12-14-26-45(43)53(47)34-16-18-36-64(59,60)61/h5-14,19-26,29-32H,15-18,27-28,33-37H2,1-4H3,(H-,56,57,58,59,60,61)/p+1. The van der Waals surface area contributed by atoms with Crippen LogP contribution in [0.1, 0.15) is 82.9 Å². The van der Waals surface area contributed by atoms with Crippen LogP contribution in [-0.4, -0.2) is 71.8 Å². The summed E-state index contributed by atoms with van der Waals surface area (Å²) in [5, 5.41) is 0. The van der Waals surface area contributed by atoms with E-state index in [0.717, 1.165) is 56.3 Å². The normalized spacial score (nSPS) is 18.1. The van der Waals surface area contributed by atoms with E-state index in [9.17, 15) is 30.7 Å². The van der Waals surface area contributed by atoms with Crippen molar-refractivity contribution in [2.24, 2.45) is 0 Å². The van der Waals surface area contributed by atoms with Crippen LogP contribution in [0.2, 0.25) is 0 Å². The van der Waals surface area contributed by atoms with Gasteiger partial charge in [0, 0.05) is 47.5 Å². The Kier molecular flexibility index (Phi) is 14.0. The van der Waals surface area contributed by atoms with Crippen LogP contribution >= 0.6 is 0 Å². The fourth-order valence-corrected chi connectivity index (χ4v) is 10.4. The quantitative estimate of drug-likeness (QED) is 0.0601. The summed E-state index contributed by atoms with van der Waals surface area (Å²) in [7, 11) is -8.16. The Bertz CT molecular complexity index is 2760. The largest absolute Gasteiger partial charge is 0.420 e. The number of ether oxygens (including phenoxy) is 1. The summed E-state index contributed by atoms with van der Waals surface area (Å²) in [6, 6.07) is 35.3. The lowest BCUT2D eigenvalue weighted by atomic mass is 9.81. The van der Waals surface area contributed by atoms with Crippen LogP contribution in [-0.2, 0) is 37.6 Å². The summed E-state index contributed by atoms with van der Waals surface area (Å²) in [4.78, 5) is 18.6. The Labute approximate surface area is 378 Å². The number of amides is 1. The molecule has 0 unspecified atom stereocenters. The van der Waals surface area contributed by atoms with E-state index in [4.69, 9.17) is 4.74 Å². The molecule has 2 N–H and O–H groups in total. The molecule has 0 atom stereocenters. The fraction of sp³-hybridized carbons (Fsp3) is 0.333. The van der Waals surface area contributed by atoms with Crippen molar-refractivity contribution < 1.29 is 40.0 Å². The molecule has 1 amide bonds. The molecule has 13 heteroatoms. The highest BCUT2D eigenvalue weighted by atomic mass is 32.2. The molecule has 2 aliphatic heterocycles. The number of carbonyl (C=O) groups is 1. The first-order valence-electron chi connectivity index (χ1n) is 21.9. The highest BCUT2D eigenvalue weighted by Gasteiger charge is 2.44. The molecule has 1 aliphatic carbocycles. The second-order valence-corrected chi connectivity index (χ2v) is 20.8. The van der Waals surface area contributed by atoms with Gasteiger partial charge in [0.25, 0.3) is 20.2 Å².